The Balaban J connectivity index is 2.47. The van der Waals surface area contributed by atoms with Crippen molar-refractivity contribution >= 4 is 0 Å². The van der Waals surface area contributed by atoms with Gasteiger partial charge in [0.15, 0.2) is 0 Å². The first kappa shape index (κ1) is 11.7. The Labute approximate surface area is 92.1 Å². The quantitative estimate of drug-likeness (QED) is 0.749. The second-order valence-electron chi connectivity index (χ2n) is 4.02. The summed E-state index contributed by atoms with van der Waals surface area (Å²) in [6.07, 6.45) is 1.00. The van der Waals surface area contributed by atoms with Crippen molar-refractivity contribution in [1.29, 1.82) is 5.26 Å². The van der Waals surface area contributed by atoms with E-state index < -0.39 is 0 Å². The fourth-order valence-corrected chi connectivity index (χ4v) is 1.47. The van der Waals surface area contributed by atoms with Crippen LogP contribution in [-0.2, 0) is 6.42 Å². The van der Waals surface area contributed by atoms with Gasteiger partial charge in [-0.1, -0.05) is 29.8 Å². The van der Waals surface area contributed by atoms with Gasteiger partial charge >= 0.3 is 0 Å². The number of rotatable bonds is 4. The average Bonchev–Trinajstić information content (AvgIpc) is 2.25. The zero-order valence-corrected chi connectivity index (χ0v) is 9.70. The molecular formula is C13H18N2. The molecule has 0 heterocycles. The summed E-state index contributed by atoms with van der Waals surface area (Å²) in [4.78, 5) is 2.07. The van der Waals surface area contributed by atoms with E-state index in [0.717, 1.165) is 13.0 Å². The van der Waals surface area contributed by atoms with Gasteiger partial charge < -0.3 is 0 Å². The minimum Gasteiger partial charge on any atom is -0.291 e. The van der Waals surface area contributed by atoms with Gasteiger partial charge in [-0.25, -0.2) is 0 Å². The van der Waals surface area contributed by atoms with Crippen LogP contribution in [0.25, 0.3) is 0 Å². The summed E-state index contributed by atoms with van der Waals surface area (Å²) >= 11 is 0. The molecule has 0 N–H and O–H groups in total. The zero-order valence-electron chi connectivity index (χ0n) is 9.70. The summed E-state index contributed by atoms with van der Waals surface area (Å²) in [5.41, 5.74) is 2.63. The third-order valence-corrected chi connectivity index (χ3v) is 2.68. The van der Waals surface area contributed by atoms with Crippen LogP contribution in [0.4, 0.5) is 0 Å². The highest BCUT2D eigenvalue weighted by molar-refractivity contribution is 5.22. The Morgan fingerprint density at radius 3 is 2.80 bits per heavy atom. The Morgan fingerprint density at radius 1 is 1.47 bits per heavy atom. The molecule has 0 saturated carbocycles. The summed E-state index contributed by atoms with van der Waals surface area (Å²) in [7, 11) is 1.99. The van der Waals surface area contributed by atoms with Gasteiger partial charge in [0.25, 0.3) is 0 Å². The number of likely N-dealkylation sites (N-methyl/N-ethyl adjacent to an activating group) is 1. The maximum atomic E-state index is 8.75. The Morgan fingerprint density at radius 2 is 2.20 bits per heavy atom. The van der Waals surface area contributed by atoms with Crippen LogP contribution >= 0.6 is 0 Å². The van der Waals surface area contributed by atoms with E-state index in [1.54, 1.807) is 0 Å². The highest BCUT2D eigenvalue weighted by Crippen LogP contribution is 2.06. The number of nitrogens with zero attached hydrogens (tertiary/aromatic N) is 2. The molecule has 1 aromatic carbocycles. The van der Waals surface area contributed by atoms with Crippen molar-refractivity contribution in [1.82, 2.24) is 4.90 Å². The van der Waals surface area contributed by atoms with Crippen LogP contribution in [0.2, 0.25) is 0 Å². The molecule has 0 aliphatic carbocycles. The van der Waals surface area contributed by atoms with Crippen molar-refractivity contribution < 1.29 is 0 Å². The molecule has 2 nitrogen and oxygen atoms in total. The second kappa shape index (κ2) is 5.53. The van der Waals surface area contributed by atoms with Crippen molar-refractivity contribution in [3.63, 3.8) is 0 Å². The molecule has 0 bridgehead atoms. The van der Waals surface area contributed by atoms with E-state index in [2.05, 4.69) is 42.2 Å². The lowest BCUT2D eigenvalue weighted by atomic mass is 10.1. The molecule has 1 aromatic rings. The lowest BCUT2D eigenvalue weighted by molar-refractivity contribution is 0.306. The van der Waals surface area contributed by atoms with Crippen molar-refractivity contribution in [2.24, 2.45) is 0 Å². The minimum atomic E-state index is -0.00481. The predicted octanol–water partition coefficient (Wildman–Crippen LogP) is 2.38. The predicted molar refractivity (Wildman–Crippen MR) is 62.6 cm³/mol. The SMILES string of the molecule is Cc1cccc(CCN(C)C(C)C#N)c1. The molecule has 0 saturated heterocycles. The van der Waals surface area contributed by atoms with E-state index in [1.165, 1.54) is 11.1 Å². The molecule has 0 radical (unpaired) electrons. The zero-order chi connectivity index (χ0) is 11.3. The average molecular weight is 202 g/mol. The highest BCUT2D eigenvalue weighted by Gasteiger charge is 2.06. The fraction of sp³-hybridized carbons (Fsp3) is 0.462. The monoisotopic (exact) mass is 202 g/mol. The van der Waals surface area contributed by atoms with Crippen LogP contribution in [0.1, 0.15) is 18.1 Å². The standard InChI is InChI=1S/C13H18N2/c1-11-5-4-6-13(9-11)7-8-15(3)12(2)10-14/h4-6,9,12H,7-8H2,1-3H3. The highest BCUT2D eigenvalue weighted by atomic mass is 15.1. The lowest BCUT2D eigenvalue weighted by Gasteiger charge is -2.18. The summed E-state index contributed by atoms with van der Waals surface area (Å²) < 4.78 is 0. The lowest BCUT2D eigenvalue weighted by Crippen LogP contribution is -2.29. The molecule has 0 amide bonds. The van der Waals surface area contributed by atoms with Gasteiger partial charge in [-0.05, 0) is 32.9 Å². The van der Waals surface area contributed by atoms with Crippen LogP contribution in [-0.4, -0.2) is 24.5 Å². The first-order chi connectivity index (χ1) is 7.13. The maximum absolute atomic E-state index is 8.75. The number of hydrogen-bond donors (Lipinski definition) is 0. The van der Waals surface area contributed by atoms with Crippen molar-refractivity contribution in [3.8, 4) is 6.07 Å². The van der Waals surface area contributed by atoms with Crippen LogP contribution in [0.15, 0.2) is 24.3 Å². The number of aryl methyl sites for hydroxylation is 1. The first-order valence-corrected chi connectivity index (χ1v) is 5.29. The van der Waals surface area contributed by atoms with Gasteiger partial charge in [0, 0.05) is 6.54 Å². The van der Waals surface area contributed by atoms with E-state index >= 15 is 0 Å². The molecule has 0 fully saturated rings. The Hall–Kier alpha value is -1.33. The molecule has 0 spiro atoms. The fourth-order valence-electron chi connectivity index (χ4n) is 1.47. The minimum absolute atomic E-state index is 0.00481. The molecule has 1 unspecified atom stereocenters. The Kier molecular flexibility index (Phi) is 4.33. The summed E-state index contributed by atoms with van der Waals surface area (Å²) in [5.74, 6) is 0. The van der Waals surface area contributed by atoms with Crippen LogP contribution in [0, 0.1) is 18.3 Å². The van der Waals surface area contributed by atoms with E-state index in [-0.39, 0.29) is 6.04 Å². The molecule has 0 aliphatic rings. The first-order valence-electron chi connectivity index (χ1n) is 5.29. The van der Waals surface area contributed by atoms with Crippen molar-refractivity contribution in [2.75, 3.05) is 13.6 Å². The van der Waals surface area contributed by atoms with Gasteiger partial charge in [0.05, 0.1) is 12.1 Å². The largest absolute Gasteiger partial charge is 0.291 e. The third-order valence-electron chi connectivity index (χ3n) is 2.68. The normalized spacial score (nSPS) is 12.5. The third kappa shape index (κ3) is 3.73. The van der Waals surface area contributed by atoms with Crippen molar-refractivity contribution in [3.05, 3.63) is 35.4 Å². The molecule has 0 aliphatic heterocycles. The van der Waals surface area contributed by atoms with Crippen LogP contribution < -0.4 is 0 Å². The smallest absolute Gasteiger partial charge is 0.0946 e. The molecule has 2 heteroatoms. The van der Waals surface area contributed by atoms with Gasteiger partial charge in [-0.2, -0.15) is 5.26 Å². The number of benzene rings is 1. The Bertz CT molecular complexity index is 352. The van der Waals surface area contributed by atoms with Gasteiger partial charge in [0.1, 0.15) is 0 Å². The number of nitriles is 1. The second-order valence-corrected chi connectivity index (χ2v) is 4.02. The van der Waals surface area contributed by atoms with Crippen LogP contribution in [0.3, 0.4) is 0 Å². The summed E-state index contributed by atoms with van der Waals surface area (Å²) in [6, 6.07) is 10.8. The van der Waals surface area contributed by atoms with E-state index in [4.69, 9.17) is 5.26 Å². The van der Waals surface area contributed by atoms with Gasteiger partial charge in [-0.3, -0.25) is 4.90 Å². The van der Waals surface area contributed by atoms with E-state index in [9.17, 15) is 0 Å². The molecule has 80 valence electrons. The van der Waals surface area contributed by atoms with Gasteiger partial charge in [0.2, 0.25) is 0 Å². The summed E-state index contributed by atoms with van der Waals surface area (Å²) in [5, 5.41) is 8.75. The van der Waals surface area contributed by atoms with Gasteiger partial charge in [-0.15, -0.1) is 0 Å². The van der Waals surface area contributed by atoms with E-state index in [0.29, 0.717) is 0 Å². The molecule has 15 heavy (non-hydrogen) atoms. The van der Waals surface area contributed by atoms with Crippen molar-refractivity contribution in [2.45, 2.75) is 26.3 Å². The van der Waals surface area contributed by atoms with Crippen LogP contribution in [0.5, 0.6) is 0 Å². The molecule has 1 rings (SSSR count). The summed E-state index contributed by atoms with van der Waals surface area (Å²) in [6.45, 7) is 4.96. The molecule has 1 atom stereocenters. The van der Waals surface area contributed by atoms with E-state index in [1.807, 2.05) is 14.0 Å². The topological polar surface area (TPSA) is 27.0 Å². The molecular weight excluding hydrogens is 184 g/mol. The molecule has 0 aromatic heterocycles. The maximum Gasteiger partial charge on any atom is 0.0946 e. The number of hydrogen-bond acceptors (Lipinski definition) is 2.